The van der Waals surface area contributed by atoms with Crippen molar-refractivity contribution < 1.29 is 4.57 Å². The van der Waals surface area contributed by atoms with Crippen molar-refractivity contribution in [2.45, 2.75) is 38.6 Å². The predicted molar refractivity (Wildman–Crippen MR) is 85.3 cm³/mol. The monoisotopic (exact) mass is 277 g/mol. The molecule has 4 rings (SSSR count). The van der Waals surface area contributed by atoms with Gasteiger partial charge in [0, 0.05) is 41.6 Å². The molecule has 1 aromatic carbocycles. The molecule has 106 valence electrons. The molecule has 0 saturated heterocycles. The largest absolute Gasteiger partial charge is 0.361 e. The van der Waals surface area contributed by atoms with E-state index in [9.17, 15) is 0 Å². The number of fused-ring (bicyclic) bond motifs is 2. The first-order valence-corrected chi connectivity index (χ1v) is 7.97. The summed E-state index contributed by atoms with van der Waals surface area (Å²) in [6.07, 6.45) is 10.7. The third kappa shape index (κ3) is 2.35. The average Bonchev–Trinajstić information content (AvgIpc) is 2.96. The number of aromatic nitrogens is 2. The molecule has 0 fully saturated rings. The molecule has 2 heterocycles. The number of pyridine rings is 1. The standard InChI is InChI=1S/C19H21N2/c1-4-10-19-15(6-1)7-5-12-21(19)13-11-16-14-20-18-9-3-2-8-17(16)18/h2-3,5,7-9,12,14,20H,1,4,6,10-11,13H2/q+1. The van der Waals surface area contributed by atoms with E-state index in [4.69, 9.17) is 0 Å². The fourth-order valence-corrected chi connectivity index (χ4v) is 3.56. The lowest BCUT2D eigenvalue weighted by Crippen LogP contribution is -2.41. The van der Waals surface area contributed by atoms with Gasteiger partial charge in [-0.15, -0.1) is 0 Å². The highest BCUT2D eigenvalue weighted by Crippen LogP contribution is 2.19. The fourth-order valence-electron chi connectivity index (χ4n) is 3.56. The first-order chi connectivity index (χ1) is 10.4. The van der Waals surface area contributed by atoms with Crippen LogP contribution in [-0.4, -0.2) is 4.98 Å². The number of hydrogen-bond donors (Lipinski definition) is 1. The summed E-state index contributed by atoms with van der Waals surface area (Å²) in [6.45, 7) is 1.07. The number of nitrogens with one attached hydrogen (secondary N) is 1. The molecular weight excluding hydrogens is 256 g/mol. The van der Waals surface area contributed by atoms with Crippen molar-refractivity contribution in [2.75, 3.05) is 0 Å². The second kappa shape index (κ2) is 5.36. The molecule has 0 radical (unpaired) electrons. The Morgan fingerprint density at radius 1 is 1.00 bits per heavy atom. The third-order valence-corrected chi connectivity index (χ3v) is 4.69. The minimum atomic E-state index is 1.07. The minimum absolute atomic E-state index is 1.07. The van der Waals surface area contributed by atoms with E-state index in [0.717, 1.165) is 13.0 Å². The maximum Gasteiger partial charge on any atom is 0.184 e. The van der Waals surface area contributed by atoms with Crippen LogP contribution in [-0.2, 0) is 25.8 Å². The normalized spacial score (nSPS) is 14.3. The van der Waals surface area contributed by atoms with Crippen LogP contribution in [0, 0.1) is 0 Å². The van der Waals surface area contributed by atoms with Crippen LogP contribution in [0.3, 0.4) is 0 Å². The summed E-state index contributed by atoms with van der Waals surface area (Å²) >= 11 is 0. The number of hydrogen-bond acceptors (Lipinski definition) is 0. The Balaban J connectivity index is 1.60. The summed E-state index contributed by atoms with van der Waals surface area (Å²) in [5.74, 6) is 0. The van der Waals surface area contributed by atoms with Gasteiger partial charge in [0.15, 0.2) is 18.4 Å². The summed E-state index contributed by atoms with van der Waals surface area (Å²) in [7, 11) is 0. The smallest absolute Gasteiger partial charge is 0.184 e. The summed E-state index contributed by atoms with van der Waals surface area (Å²) in [6, 6.07) is 13.1. The molecule has 1 aliphatic carbocycles. The van der Waals surface area contributed by atoms with E-state index in [1.807, 2.05) is 0 Å². The zero-order valence-corrected chi connectivity index (χ0v) is 12.3. The number of para-hydroxylation sites is 1. The molecule has 3 aromatic rings. The van der Waals surface area contributed by atoms with Crippen LogP contribution < -0.4 is 4.57 Å². The number of aromatic amines is 1. The van der Waals surface area contributed by atoms with Crippen molar-refractivity contribution in [1.29, 1.82) is 0 Å². The van der Waals surface area contributed by atoms with Crippen LogP contribution in [0.5, 0.6) is 0 Å². The first kappa shape index (κ1) is 12.6. The van der Waals surface area contributed by atoms with Gasteiger partial charge < -0.3 is 4.98 Å². The minimum Gasteiger partial charge on any atom is -0.361 e. The molecule has 2 nitrogen and oxygen atoms in total. The van der Waals surface area contributed by atoms with Gasteiger partial charge in [-0.25, -0.2) is 4.57 Å². The van der Waals surface area contributed by atoms with Gasteiger partial charge >= 0.3 is 0 Å². The van der Waals surface area contributed by atoms with E-state index >= 15 is 0 Å². The van der Waals surface area contributed by atoms with Gasteiger partial charge in [0.25, 0.3) is 0 Å². The second-order valence-electron chi connectivity index (χ2n) is 5.99. The van der Waals surface area contributed by atoms with Crippen molar-refractivity contribution in [1.82, 2.24) is 4.98 Å². The van der Waals surface area contributed by atoms with Crippen molar-refractivity contribution in [3.63, 3.8) is 0 Å². The Labute approximate surface area is 125 Å². The zero-order chi connectivity index (χ0) is 14.1. The molecule has 0 aliphatic heterocycles. The molecule has 2 aromatic heterocycles. The van der Waals surface area contributed by atoms with Crippen molar-refractivity contribution in [2.24, 2.45) is 0 Å². The summed E-state index contributed by atoms with van der Waals surface area (Å²) in [5, 5.41) is 1.36. The summed E-state index contributed by atoms with van der Waals surface area (Å²) in [5.41, 5.74) is 5.78. The fraction of sp³-hybridized carbons (Fsp3) is 0.316. The van der Waals surface area contributed by atoms with Gasteiger partial charge in [0.1, 0.15) is 0 Å². The Bertz CT molecular complexity index is 770. The second-order valence-corrected chi connectivity index (χ2v) is 5.99. The molecule has 1 N–H and O–H groups in total. The van der Waals surface area contributed by atoms with Gasteiger partial charge in [0.05, 0.1) is 0 Å². The van der Waals surface area contributed by atoms with Crippen LogP contribution >= 0.6 is 0 Å². The quantitative estimate of drug-likeness (QED) is 0.706. The van der Waals surface area contributed by atoms with Crippen molar-refractivity contribution in [3.05, 3.63) is 65.6 Å². The third-order valence-electron chi connectivity index (χ3n) is 4.69. The van der Waals surface area contributed by atoms with Gasteiger partial charge in [-0.2, -0.15) is 0 Å². The lowest BCUT2D eigenvalue weighted by Gasteiger charge is -2.13. The van der Waals surface area contributed by atoms with Gasteiger partial charge in [-0.05, 0) is 37.0 Å². The number of H-pyrrole nitrogens is 1. The van der Waals surface area contributed by atoms with Crippen LogP contribution in [0.2, 0.25) is 0 Å². The van der Waals surface area contributed by atoms with Gasteiger partial charge in [0.2, 0.25) is 0 Å². The first-order valence-electron chi connectivity index (χ1n) is 7.97. The van der Waals surface area contributed by atoms with E-state index in [-0.39, 0.29) is 0 Å². The summed E-state index contributed by atoms with van der Waals surface area (Å²) in [4.78, 5) is 3.38. The van der Waals surface area contributed by atoms with Gasteiger partial charge in [-0.3, -0.25) is 0 Å². The van der Waals surface area contributed by atoms with Gasteiger partial charge in [-0.1, -0.05) is 18.2 Å². The molecule has 0 unspecified atom stereocenters. The average molecular weight is 277 g/mol. The molecule has 0 atom stereocenters. The maximum absolute atomic E-state index is 3.38. The predicted octanol–water partition coefficient (Wildman–Crippen LogP) is 3.58. The summed E-state index contributed by atoms with van der Waals surface area (Å²) < 4.78 is 2.47. The van der Waals surface area contributed by atoms with E-state index in [1.54, 1.807) is 11.3 Å². The lowest BCUT2D eigenvalue weighted by molar-refractivity contribution is -0.704. The van der Waals surface area contributed by atoms with Crippen molar-refractivity contribution >= 4 is 10.9 Å². The highest BCUT2D eigenvalue weighted by atomic mass is 15.0. The Morgan fingerprint density at radius 3 is 2.90 bits per heavy atom. The Morgan fingerprint density at radius 2 is 1.90 bits per heavy atom. The maximum atomic E-state index is 3.38. The SMILES string of the molecule is c1ccc2c(CC[n+]3cccc4c3CCCC4)c[nH]c2c1. The van der Waals surface area contributed by atoms with Crippen molar-refractivity contribution in [3.8, 4) is 0 Å². The molecule has 0 spiro atoms. The number of aryl methyl sites for hydroxylation is 3. The molecular formula is C19H21N2+. The number of rotatable bonds is 3. The van der Waals surface area contributed by atoms with Crippen LogP contribution in [0.15, 0.2) is 48.8 Å². The number of benzene rings is 1. The van der Waals surface area contributed by atoms with E-state index < -0.39 is 0 Å². The van der Waals surface area contributed by atoms with Crippen LogP contribution in [0.1, 0.15) is 29.7 Å². The lowest BCUT2D eigenvalue weighted by atomic mass is 9.95. The molecule has 2 heteroatoms. The molecule has 21 heavy (non-hydrogen) atoms. The molecule has 0 saturated carbocycles. The van der Waals surface area contributed by atoms with E-state index in [2.05, 4.69) is 58.3 Å². The molecule has 1 aliphatic rings. The zero-order valence-electron chi connectivity index (χ0n) is 12.3. The highest BCUT2D eigenvalue weighted by molar-refractivity contribution is 5.82. The van der Waals surface area contributed by atoms with E-state index in [1.165, 1.54) is 42.1 Å². The van der Waals surface area contributed by atoms with Crippen LogP contribution in [0.25, 0.3) is 10.9 Å². The Hall–Kier alpha value is -2.09. The Kier molecular flexibility index (Phi) is 3.23. The molecule has 0 bridgehead atoms. The highest BCUT2D eigenvalue weighted by Gasteiger charge is 2.19. The molecule has 0 amide bonds. The van der Waals surface area contributed by atoms with E-state index in [0.29, 0.717) is 0 Å². The topological polar surface area (TPSA) is 19.7 Å². The van der Waals surface area contributed by atoms with Crippen LogP contribution in [0.4, 0.5) is 0 Å². The number of nitrogens with zero attached hydrogens (tertiary/aromatic N) is 1.